The van der Waals surface area contributed by atoms with Crippen LogP contribution >= 0.6 is 0 Å². The first-order valence-electron chi connectivity index (χ1n) is 6.36. The average Bonchev–Trinajstić information content (AvgIpc) is 2.42. The molecule has 0 saturated heterocycles. The Bertz CT molecular complexity index is 438. The summed E-state index contributed by atoms with van der Waals surface area (Å²) >= 11 is 0. The van der Waals surface area contributed by atoms with E-state index in [1.54, 1.807) is 33.3 Å². The lowest BCUT2D eigenvalue weighted by atomic mass is 10.2. The number of rotatable bonds is 8. The number of amides is 1. The quantitative estimate of drug-likeness (QED) is 0.724. The minimum Gasteiger partial charge on any atom is -0.480 e. The number of likely N-dealkylation sites (N-methyl/N-ethyl adjacent to an activating group) is 1. The van der Waals surface area contributed by atoms with Crippen molar-refractivity contribution in [3.05, 3.63) is 29.6 Å². The van der Waals surface area contributed by atoms with Gasteiger partial charge in [0.15, 0.2) is 18.2 Å². The van der Waals surface area contributed by atoms with E-state index in [-0.39, 0.29) is 18.3 Å². The van der Waals surface area contributed by atoms with Crippen molar-refractivity contribution in [3.63, 3.8) is 0 Å². The fourth-order valence-corrected chi connectivity index (χ4v) is 1.51. The molecule has 20 heavy (non-hydrogen) atoms. The Labute approximate surface area is 118 Å². The van der Waals surface area contributed by atoms with Crippen LogP contribution in [0.25, 0.3) is 0 Å². The molecule has 0 spiro atoms. The predicted molar refractivity (Wildman–Crippen MR) is 74.2 cm³/mol. The Morgan fingerprint density at radius 2 is 2.15 bits per heavy atom. The highest BCUT2D eigenvalue weighted by Crippen LogP contribution is 2.22. The van der Waals surface area contributed by atoms with Crippen LogP contribution in [0.5, 0.6) is 5.75 Å². The molecule has 0 bridgehead atoms. The number of carbonyl (C=O) groups excluding carboxylic acids is 1. The summed E-state index contributed by atoms with van der Waals surface area (Å²) < 4.78 is 24.0. The summed E-state index contributed by atoms with van der Waals surface area (Å²) in [4.78, 5) is 12.9. The zero-order chi connectivity index (χ0) is 15.0. The molecular weight excluding hydrogens is 263 g/mol. The van der Waals surface area contributed by atoms with Gasteiger partial charge in [0.25, 0.3) is 5.91 Å². The molecule has 6 heteroatoms. The van der Waals surface area contributed by atoms with Crippen LogP contribution in [0.15, 0.2) is 18.2 Å². The van der Waals surface area contributed by atoms with Crippen molar-refractivity contribution >= 4 is 5.91 Å². The Balaban J connectivity index is 2.65. The van der Waals surface area contributed by atoms with Crippen molar-refractivity contribution in [2.75, 3.05) is 41.0 Å². The third-order valence-electron chi connectivity index (χ3n) is 2.69. The number of carbonyl (C=O) groups is 1. The molecule has 0 aliphatic heterocycles. The molecule has 0 unspecified atom stereocenters. The maximum Gasteiger partial charge on any atom is 0.259 e. The van der Waals surface area contributed by atoms with Crippen LogP contribution in [0.4, 0.5) is 4.39 Å². The first-order chi connectivity index (χ1) is 9.56. The summed E-state index contributed by atoms with van der Waals surface area (Å²) in [5, 5.41) is 3.11. The summed E-state index contributed by atoms with van der Waals surface area (Å²) in [6.07, 6.45) is 0. The van der Waals surface area contributed by atoms with Crippen LogP contribution in [0.3, 0.4) is 0 Å². The molecular formula is C14H21FN2O3. The highest BCUT2D eigenvalue weighted by molar-refractivity contribution is 5.77. The van der Waals surface area contributed by atoms with Gasteiger partial charge in [-0.25, -0.2) is 4.39 Å². The number of hydrogen-bond acceptors (Lipinski definition) is 4. The molecule has 1 amide bonds. The van der Waals surface area contributed by atoms with Gasteiger partial charge in [0.05, 0.1) is 6.61 Å². The highest BCUT2D eigenvalue weighted by Gasteiger charge is 2.12. The molecule has 0 radical (unpaired) electrons. The van der Waals surface area contributed by atoms with Gasteiger partial charge in [0.2, 0.25) is 0 Å². The number of ether oxygens (including phenoxy) is 2. The van der Waals surface area contributed by atoms with E-state index in [1.165, 1.54) is 11.0 Å². The molecule has 1 N–H and O–H groups in total. The largest absolute Gasteiger partial charge is 0.480 e. The predicted octanol–water partition coefficient (Wildman–Crippen LogP) is 1.03. The molecule has 0 fully saturated rings. The molecule has 0 aliphatic carbocycles. The molecule has 5 nitrogen and oxygen atoms in total. The molecule has 1 rings (SSSR count). The standard InChI is InChI=1S/C14H21FN2O3/c1-17(2)13(18)10-20-14-11(5-4-6-12(14)15)9-16-7-8-19-3/h4-6,16H,7-10H2,1-3H3. The maximum absolute atomic E-state index is 13.8. The molecule has 0 heterocycles. The molecule has 112 valence electrons. The third kappa shape index (κ3) is 5.14. The number of benzene rings is 1. The highest BCUT2D eigenvalue weighted by atomic mass is 19.1. The van der Waals surface area contributed by atoms with Crippen molar-refractivity contribution in [3.8, 4) is 5.75 Å². The molecule has 1 aromatic carbocycles. The topological polar surface area (TPSA) is 50.8 Å². The summed E-state index contributed by atoms with van der Waals surface area (Å²) in [5.74, 6) is -0.568. The minimum absolute atomic E-state index is 0.118. The second kappa shape index (κ2) is 8.50. The van der Waals surface area contributed by atoms with E-state index < -0.39 is 5.82 Å². The van der Waals surface area contributed by atoms with Crippen molar-refractivity contribution < 1.29 is 18.7 Å². The zero-order valence-electron chi connectivity index (χ0n) is 12.1. The SMILES string of the molecule is COCCNCc1cccc(F)c1OCC(=O)N(C)C. The fourth-order valence-electron chi connectivity index (χ4n) is 1.51. The van der Waals surface area contributed by atoms with Gasteiger partial charge in [-0.3, -0.25) is 4.79 Å². The molecule has 0 saturated carbocycles. The van der Waals surface area contributed by atoms with Crippen LogP contribution < -0.4 is 10.1 Å². The van der Waals surface area contributed by atoms with Gasteiger partial charge in [0, 0.05) is 39.9 Å². The number of methoxy groups -OCH3 is 1. The van der Waals surface area contributed by atoms with Crippen LogP contribution in [-0.4, -0.2) is 51.8 Å². The van der Waals surface area contributed by atoms with Crippen molar-refractivity contribution in [1.82, 2.24) is 10.2 Å². The van der Waals surface area contributed by atoms with E-state index in [0.29, 0.717) is 25.3 Å². The van der Waals surface area contributed by atoms with Gasteiger partial charge < -0.3 is 19.7 Å². The van der Waals surface area contributed by atoms with Crippen LogP contribution in [0, 0.1) is 5.82 Å². The van der Waals surface area contributed by atoms with E-state index in [0.717, 1.165) is 0 Å². The summed E-state index contributed by atoms with van der Waals surface area (Å²) in [5.41, 5.74) is 0.674. The zero-order valence-corrected chi connectivity index (χ0v) is 12.1. The van der Waals surface area contributed by atoms with Crippen LogP contribution in [0.2, 0.25) is 0 Å². The first kappa shape index (κ1) is 16.4. The molecule has 0 aromatic heterocycles. The smallest absolute Gasteiger partial charge is 0.259 e. The Kier molecular flexibility index (Phi) is 6.97. The van der Waals surface area contributed by atoms with E-state index in [9.17, 15) is 9.18 Å². The van der Waals surface area contributed by atoms with Crippen LogP contribution in [-0.2, 0) is 16.1 Å². The lowest BCUT2D eigenvalue weighted by Gasteiger charge is -2.15. The Hall–Kier alpha value is -1.66. The average molecular weight is 284 g/mol. The second-order valence-electron chi connectivity index (χ2n) is 4.47. The van der Waals surface area contributed by atoms with Crippen molar-refractivity contribution in [1.29, 1.82) is 0 Å². The summed E-state index contributed by atoms with van der Waals surface area (Å²) in [6.45, 7) is 1.50. The van der Waals surface area contributed by atoms with Gasteiger partial charge in [-0.05, 0) is 6.07 Å². The second-order valence-corrected chi connectivity index (χ2v) is 4.47. The molecule has 0 aliphatic rings. The third-order valence-corrected chi connectivity index (χ3v) is 2.69. The summed E-state index contributed by atoms with van der Waals surface area (Å²) in [7, 11) is 4.87. The maximum atomic E-state index is 13.8. The lowest BCUT2D eigenvalue weighted by Crippen LogP contribution is -2.28. The number of nitrogens with zero attached hydrogens (tertiary/aromatic N) is 1. The van der Waals surface area contributed by atoms with E-state index in [1.807, 2.05) is 0 Å². The minimum atomic E-state index is -0.470. The number of halogens is 1. The van der Waals surface area contributed by atoms with E-state index in [4.69, 9.17) is 9.47 Å². The number of nitrogens with one attached hydrogen (secondary N) is 1. The fraction of sp³-hybridized carbons (Fsp3) is 0.500. The van der Waals surface area contributed by atoms with Crippen molar-refractivity contribution in [2.24, 2.45) is 0 Å². The molecule has 1 aromatic rings. The normalized spacial score (nSPS) is 10.4. The Morgan fingerprint density at radius 3 is 2.80 bits per heavy atom. The summed E-state index contributed by atoms with van der Waals surface area (Å²) in [6, 6.07) is 4.69. The molecule has 0 atom stereocenters. The number of para-hydroxylation sites is 1. The van der Waals surface area contributed by atoms with E-state index in [2.05, 4.69) is 5.32 Å². The van der Waals surface area contributed by atoms with Gasteiger partial charge in [-0.15, -0.1) is 0 Å². The van der Waals surface area contributed by atoms with Gasteiger partial charge in [0.1, 0.15) is 0 Å². The van der Waals surface area contributed by atoms with Gasteiger partial charge in [-0.1, -0.05) is 12.1 Å². The first-order valence-corrected chi connectivity index (χ1v) is 6.36. The van der Waals surface area contributed by atoms with Crippen molar-refractivity contribution in [2.45, 2.75) is 6.54 Å². The Morgan fingerprint density at radius 1 is 1.40 bits per heavy atom. The monoisotopic (exact) mass is 284 g/mol. The number of hydrogen-bond donors (Lipinski definition) is 1. The van der Waals surface area contributed by atoms with E-state index >= 15 is 0 Å². The lowest BCUT2D eigenvalue weighted by molar-refractivity contribution is -0.130. The van der Waals surface area contributed by atoms with Gasteiger partial charge >= 0.3 is 0 Å². The van der Waals surface area contributed by atoms with Crippen LogP contribution in [0.1, 0.15) is 5.56 Å². The van der Waals surface area contributed by atoms with Gasteiger partial charge in [-0.2, -0.15) is 0 Å².